The Balaban J connectivity index is 1.39. The third-order valence-corrected chi connectivity index (χ3v) is 7.21. The smallest absolute Gasteiger partial charge is 0.288 e. The van der Waals surface area contributed by atoms with Gasteiger partial charge in [0.05, 0.1) is 33.1 Å². The molecule has 0 aromatic heterocycles. The number of benzene rings is 1. The van der Waals surface area contributed by atoms with E-state index in [1.807, 2.05) is 36.4 Å². The molecule has 2 N–H and O–H groups in total. The number of rotatable bonds is 9. The zero-order valence-electron chi connectivity index (χ0n) is 20.7. The summed E-state index contributed by atoms with van der Waals surface area (Å²) in [6.07, 6.45) is 3.20. The summed E-state index contributed by atoms with van der Waals surface area (Å²) in [6, 6.07) is 9.94. The Hall–Kier alpha value is -2.62. The van der Waals surface area contributed by atoms with Crippen LogP contribution in [0.1, 0.15) is 33.1 Å². The van der Waals surface area contributed by atoms with Gasteiger partial charge in [-0.25, -0.2) is 0 Å². The van der Waals surface area contributed by atoms with Crippen LogP contribution in [0, 0.1) is 11.8 Å². The summed E-state index contributed by atoms with van der Waals surface area (Å²) in [7, 11) is 0. The fourth-order valence-corrected chi connectivity index (χ4v) is 5.08. The minimum absolute atomic E-state index is 0.0262. The molecule has 9 nitrogen and oxygen atoms in total. The van der Waals surface area contributed by atoms with Gasteiger partial charge in [-0.1, -0.05) is 32.0 Å². The van der Waals surface area contributed by atoms with Gasteiger partial charge in [0, 0.05) is 25.2 Å². The van der Waals surface area contributed by atoms with Crippen molar-refractivity contribution in [2.24, 2.45) is 11.8 Å². The van der Waals surface area contributed by atoms with Crippen LogP contribution in [0.4, 0.5) is 5.69 Å². The maximum atomic E-state index is 13.4. The van der Waals surface area contributed by atoms with Gasteiger partial charge in [-0.15, -0.1) is 0 Å². The van der Waals surface area contributed by atoms with Gasteiger partial charge in [0.25, 0.3) is 5.91 Å². The minimum Gasteiger partial charge on any atom is -0.459 e. The summed E-state index contributed by atoms with van der Waals surface area (Å²) in [5, 5.41) is 11.8. The van der Waals surface area contributed by atoms with Gasteiger partial charge in [0.2, 0.25) is 12.2 Å². The first-order valence-electron chi connectivity index (χ1n) is 12.5. The molecular weight excluding hydrogens is 450 g/mol. The van der Waals surface area contributed by atoms with Crippen molar-refractivity contribution in [3.63, 3.8) is 0 Å². The van der Waals surface area contributed by atoms with Crippen LogP contribution in [0.2, 0.25) is 0 Å². The summed E-state index contributed by atoms with van der Waals surface area (Å²) >= 11 is 0. The fourth-order valence-electron chi connectivity index (χ4n) is 5.08. The number of aliphatic hydroxyl groups excluding tert-OH is 1. The monoisotopic (exact) mass is 487 g/mol. The molecule has 1 aromatic carbocycles. The van der Waals surface area contributed by atoms with E-state index in [0.717, 1.165) is 5.69 Å². The Bertz CT molecular complexity index is 898. The lowest BCUT2D eigenvalue weighted by Crippen LogP contribution is -2.57. The average molecular weight is 488 g/mol. The number of ether oxygens (including phenoxy) is 3. The van der Waals surface area contributed by atoms with Crippen molar-refractivity contribution in [1.82, 2.24) is 10.2 Å². The third kappa shape index (κ3) is 5.63. The normalized spacial score (nSPS) is 23.9. The van der Waals surface area contributed by atoms with Crippen LogP contribution >= 0.6 is 0 Å². The number of amides is 2. The van der Waals surface area contributed by atoms with Crippen molar-refractivity contribution < 1.29 is 28.9 Å². The Kier molecular flexibility index (Phi) is 8.30. The van der Waals surface area contributed by atoms with Crippen LogP contribution < -0.4 is 10.2 Å². The summed E-state index contributed by atoms with van der Waals surface area (Å²) in [4.78, 5) is 30.3. The van der Waals surface area contributed by atoms with Crippen LogP contribution in [0.15, 0.2) is 42.2 Å². The van der Waals surface area contributed by atoms with Crippen molar-refractivity contribution in [1.29, 1.82) is 0 Å². The van der Waals surface area contributed by atoms with Crippen molar-refractivity contribution >= 4 is 17.5 Å². The van der Waals surface area contributed by atoms with E-state index in [9.17, 15) is 9.59 Å². The zero-order valence-corrected chi connectivity index (χ0v) is 20.7. The Morgan fingerprint density at radius 3 is 2.63 bits per heavy atom. The number of allylic oxidation sites excluding steroid dienone is 1. The molecule has 3 aliphatic heterocycles. The number of anilines is 1. The standard InChI is InChI=1S/C26H37N3O6/c1-19(2)20-16-22(35-23(17-20)34-15-14-33-13-12-30)24(31)28-10-8-26(9-11-28)25(32)27-18-29(26)21-6-4-3-5-7-21/h3-7,16,19-20,23,30H,8-15,17-18H2,1-2H3,(H,27,32). The van der Waals surface area contributed by atoms with Gasteiger partial charge in [-0.05, 0) is 42.9 Å². The first-order valence-corrected chi connectivity index (χ1v) is 12.5. The first-order chi connectivity index (χ1) is 16.9. The topological polar surface area (TPSA) is 101 Å². The Labute approximate surface area is 207 Å². The third-order valence-electron chi connectivity index (χ3n) is 7.21. The number of aliphatic hydroxyl groups is 1. The molecule has 35 heavy (non-hydrogen) atoms. The van der Waals surface area contributed by atoms with E-state index in [1.165, 1.54) is 0 Å². The summed E-state index contributed by atoms with van der Waals surface area (Å²) in [5.41, 5.74) is 0.368. The number of para-hydroxylation sites is 1. The van der Waals surface area contributed by atoms with Crippen molar-refractivity contribution in [3.05, 3.63) is 42.2 Å². The zero-order chi connectivity index (χ0) is 24.8. The summed E-state index contributed by atoms with van der Waals surface area (Å²) in [6.45, 7) is 6.59. The number of likely N-dealkylation sites (tertiary alicyclic amines) is 1. The van der Waals surface area contributed by atoms with Crippen molar-refractivity contribution in [2.45, 2.75) is 44.9 Å². The van der Waals surface area contributed by atoms with E-state index in [-0.39, 0.29) is 30.9 Å². The van der Waals surface area contributed by atoms with Crippen LogP contribution in [0.3, 0.4) is 0 Å². The SMILES string of the molecule is CC(C)C1C=C(C(=O)N2CCC3(CC2)C(=O)NCN3c2ccccc2)OC(OCCOCCO)C1. The minimum atomic E-state index is -0.638. The first kappa shape index (κ1) is 25.5. The molecule has 192 valence electrons. The molecule has 1 spiro atoms. The molecule has 0 saturated carbocycles. The number of carbonyl (C=O) groups excluding carboxylic acids is 2. The van der Waals surface area contributed by atoms with Crippen LogP contribution in [-0.2, 0) is 23.8 Å². The van der Waals surface area contributed by atoms with E-state index >= 15 is 0 Å². The Morgan fingerprint density at radius 1 is 1.20 bits per heavy atom. The number of piperidine rings is 1. The van der Waals surface area contributed by atoms with Gasteiger partial charge in [-0.3, -0.25) is 9.59 Å². The Morgan fingerprint density at radius 2 is 1.94 bits per heavy atom. The molecule has 3 aliphatic rings. The van der Waals surface area contributed by atoms with E-state index in [2.05, 4.69) is 24.1 Å². The van der Waals surface area contributed by atoms with Gasteiger partial charge >= 0.3 is 0 Å². The molecule has 2 fully saturated rings. The van der Waals surface area contributed by atoms with Gasteiger partial charge in [-0.2, -0.15) is 0 Å². The second kappa shape index (κ2) is 11.4. The number of carbonyl (C=O) groups is 2. The van der Waals surface area contributed by atoms with Gasteiger partial charge < -0.3 is 34.4 Å². The highest BCUT2D eigenvalue weighted by Gasteiger charge is 2.51. The highest BCUT2D eigenvalue weighted by molar-refractivity contribution is 5.95. The average Bonchev–Trinajstić information content (AvgIpc) is 3.19. The lowest BCUT2D eigenvalue weighted by Gasteiger charge is -2.43. The quantitative estimate of drug-likeness (QED) is 0.513. The molecule has 0 aliphatic carbocycles. The fraction of sp³-hybridized carbons (Fsp3) is 0.615. The number of nitrogens with zero attached hydrogens (tertiary/aromatic N) is 2. The van der Waals surface area contributed by atoms with Crippen molar-refractivity contribution in [3.8, 4) is 0 Å². The highest BCUT2D eigenvalue weighted by atomic mass is 16.7. The molecular formula is C26H37N3O6. The molecule has 2 atom stereocenters. The van der Waals surface area contributed by atoms with Crippen LogP contribution in [0.25, 0.3) is 0 Å². The highest BCUT2D eigenvalue weighted by Crippen LogP contribution is 2.37. The van der Waals surface area contributed by atoms with Crippen LogP contribution in [-0.4, -0.2) is 79.8 Å². The summed E-state index contributed by atoms with van der Waals surface area (Å²) in [5.74, 6) is 0.697. The van der Waals surface area contributed by atoms with Gasteiger partial charge in [0.1, 0.15) is 5.54 Å². The number of nitrogens with one attached hydrogen (secondary N) is 1. The predicted octanol–water partition coefficient (Wildman–Crippen LogP) is 1.87. The lowest BCUT2D eigenvalue weighted by molar-refractivity contribution is -0.161. The molecule has 2 saturated heterocycles. The number of hydrogen-bond donors (Lipinski definition) is 2. The molecule has 4 rings (SSSR count). The second-order valence-electron chi connectivity index (χ2n) is 9.68. The largest absolute Gasteiger partial charge is 0.459 e. The van der Waals surface area contributed by atoms with Crippen LogP contribution in [0.5, 0.6) is 0 Å². The number of hydrogen-bond acceptors (Lipinski definition) is 7. The molecule has 0 bridgehead atoms. The lowest BCUT2D eigenvalue weighted by atomic mass is 9.85. The maximum absolute atomic E-state index is 13.4. The van der Waals surface area contributed by atoms with E-state index < -0.39 is 11.8 Å². The molecule has 2 unspecified atom stereocenters. The van der Waals surface area contributed by atoms with E-state index in [1.54, 1.807) is 4.90 Å². The van der Waals surface area contributed by atoms with E-state index in [4.69, 9.17) is 19.3 Å². The predicted molar refractivity (Wildman–Crippen MR) is 130 cm³/mol. The van der Waals surface area contributed by atoms with E-state index in [0.29, 0.717) is 63.9 Å². The van der Waals surface area contributed by atoms with Gasteiger partial charge in [0.15, 0.2) is 5.76 Å². The molecule has 1 aromatic rings. The molecule has 2 amide bonds. The van der Waals surface area contributed by atoms with Crippen molar-refractivity contribution in [2.75, 3.05) is 51.1 Å². The summed E-state index contributed by atoms with van der Waals surface area (Å²) < 4.78 is 17.1. The molecule has 9 heteroatoms. The molecule has 3 heterocycles. The molecule has 0 radical (unpaired) electrons. The second-order valence-corrected chi connectivity index (χ2v) is 9.68. The maximum Gasteiger partial charge on any atom is 0.288 e.